The Balaban J connectivity index is 1.16. The smallest absolute Gasteiger partial charge is 0.303 e. The van der Waals surface area contributed by atoms with Crippen LogP contribution in [0.25, 0.3) is 0 Å². The largest absolute Gasteiger partial charge is 0.381 e. The molecule has 0 radical (unpaired) electrons. The number of carbonyl (C=O) groups is 5. The Morgan fingerprint density at radius 1 is 0.982 bits per heavy atom. The summed E-state index contributed by atoms with van der Waals surface area (Å²) in [5.41, 5.74) is -2.91. The number of likely N-dealkylation sites (tertiary alicyclic amines) is 1. The molecule has 7 rings (SSSR count). The van der Waals surface area contributed by atoms with Crippen molar-refractivity contribution in [3.05, 3.63) is 36.9 Å². The minimum atomic E-state index is -4.12. The second kappa shape index (κ2) is 14.7. The number of rotatable bonds is 12. The van der Waals surface area contributed by atoms with Crippen LogP contribution in [0, 0.1) is 33.5 Å². The zero-order valence-corrected chi connectivity index (χ0v) is 34.6. The van der Waals surface area contributed by atoms with Gasteiger partial charge in [-0.2, -0.15) is 12.7 Å². The monoisotopic (exact) mass is 810 g/mol. The molecule has 0 unspecified atom stereocenters. The predicted molar refractivity (Wildman–Crippen MR) is 208 cm³/mol. The number of nitrogens with one attached hydrogen (secondary N) is 4. The molecule has 6 aliphatic rings. The third-order valence-electron chi connectivity index (χ3n) is 14.6. The number of hydrogen-bond donors (Lipinski definition) is 4. The van der Waals surface area contributed by atoms with Gasteiger partial charge < -0.3 is 25.6 Å². The molecule has 6 fully saturated rings. The highest BCUT2D eigenvalue weighted by atomic mass is 32.2. The summed E-state index contributed by atoms with van der Waals surface area (Å²) in [5, 5.41) is 8.79. The molecule has 17 heteroatoms. The van der Waals surface area contributed by atoms with Crippen LogP contribution in [0.4, 0.5) is 0 Å². The number of ether oxygens (including phenoxy) is 1. The van der Waals surface area contributed by atoms with Crippen LogP contribution in [-0.2, 0) is 34.1 Å². The molecular weight excluding hydrogens is 753 g/mol. The van der Waals surface area contributed by atoms with Gasteiger partial charge in [-0.1, -0.05) is 47.1 Å². The maximum Gasteiger partial charge on any atom is 0.303 e. The maximum atomic E-state index is 15.1. The van der Waals surface area contributed by atoms with E-state index in [9.17, 15) is 27.6 Å². The van der Waals surface area contributed by atoms with E-state index in [-0.39, 0.29) is 34.3 Å². The summed E-state index contributed by atoms with van der Waals surface area (Å²) in [6.07, 6.45) is 11.7. The van der Waals surface area contributed by atoms with Gasteiger partial charge in [0.2, 0.25) is 17.7 Å². The third-order valence-corrected chi connectivity index (χ3v) is 16.1. The molecule has 312 valence electrons. The minimum Gasteiger partial charge on any atom is -0.381 e. The SMILES string of the molecule is C=C[C@@H]1C[C@]1(NC(=O)[C@@H]1C[C@@]2(CN1C(=O)[C@@H](NC(=O)[C@@H](NC(=O)c1cnccn1)C1CCOCC1)C(C)(C)C)C(C)(C)C21CCC1)C(=O)NS(=O)(=O)N1CCCC1. The Hall–Kier alpha value is -3.96. The third kappa shape index (κ3) is 6.94. The second-order valence-corrected chi connectivity index (χ2v) is 20.3. The lowest BCUT2D eigenvalue weighted by molar-refractivity contribution is -0.145. The maximum absolute atomic E-state index is 15.1. The first-order chi connectivity index (χ1) is 26.8. The van der Waals surface area contributed by atoms with Crippen LogP contribution in [0.15, 0.2) is 31.2 Å². The van der Waals surface area contributed by atoms with E-state index in [0.717, 1.165) is 19.3 Å². The first kappa shape index (κ1) is 41.2. The average molecular weight is 811 g/mol. The second-order valence-electron chi connectivity index (χ2n) is 18.7. The van der Waals surface area contributed by atoms with Gasteiger partial charge in [-0.05, 0) is 73.5 Å². The van der Waals surface area contributed by atoms with Crippen LogP contribution in [-0.4, -0.2) is 114 Å². The highest BCUT2D eigenvalue weighted by molar-refractivity contribution is 7.87. The van der Waals surface area contributed by atoms with Gasteiger partial charge in [0.1, 0.15) is 29.4 Å². The van der Waals surface area contributed by atoms with Crippen molar-refractivity contribution in [2.45, 2.75) is 116 Å². The van der Waals surface area contributed by atoms with Crippen molar-refractivity contribution in [2.24, 2.45) is 33.5 Å². The van der Waals surface area contributed by atoms with E-state index < -0.39 is 74.7 Å². The summed E-state index contributed by atoms with van der Waals surface area (Å²) in [6, 6.07) is -3.10. The van der Waals surface area contributed by atoms with Gasteiger partial charge in [0.25, 0.3) is 11.8 Å². The number of amides is 5. The first-order valence-corrected chi connectivity index (χ1v) is 21.8. The molecule has 3 saturated heterocycles. The molecular formula is C40H58N8O8S. The van der Waals surface area contributed by atoms with E-state index in [1.54, 1.807) is 4.90 Å². The van der Waals surface area contributed by atoms with Gasteiger partial charge in [0, 0.05) is 56.6 Å². The van der Waals surface area contributed by atoms with E-state index in [2.05, 4.69) is 51.1 Å². The van der Waals surface area contributed by atoms with Crippen molar-refractivity contribution in [3.8, 4) is 0 Å². The molecule has 1 aromatic heterocycles. The Kier molecular flexibility index (Phi) is 10.6. The fourth-order valence-corrected chi connectivity index (χ4v) is 12.0. The average Bonchev–Trinajstić information content (AvgIpc) is 3.61. The highest BCUT2D eigenvalue weighted by Crippen LogP contribution is 2.88. The molecule has 3 saturated carbocycles. The molecule has 3 aliphatic carbocycles. The van der Waals surface area contributed by atoms with Crippen LogP contribution in [0.5, 0.6) is 0 Å². The summed E-state index contributed by atoms with van der Waals surface area (Å²) >= 11 is 0. The zero-order chi connectivity index (χ0) is 41.2. The Morgan fingerprint density at radius 2 is 1.67 bits per heavy atom. The van der Waals surface area contributed by atoms with Crippen LogP contribution in [0.3, 0.4) is 0 Å². The molecule has 5 amide bonds. The van der Waals surface area contributed by atoms with Crippen LogP contribution in [0.1, 0.15) is 103 Å². The zero-order valence-electron chi connectivity index (χ0n) is 33.8. The molecule has 0 bridgehead atoms. The normalized spacial score (nSPS) is 30.2. The fraction of sp³-hybridized carbons (Fsp3) is 0.725. The topological polar surface area (TPSA) is 209 Å². The van der Waals surface area contributed by atoms with Gasteiger partial charge in [0.05, 0.1) is 6.20 Å². The van der Waals surface area contributed by atoms with Crippen molar-refractivity contribution in [1.29, 1.82) is 0 Å². The summed E-state index contributed by atoms with van der Waals surface area (Å²) in [7, 11) is -4.12. The molecule has 3 aliphatic heterocycles. The van der Waals surface area contributed by atoms with Gasteiger partial charge in [-0.3, -0.25) is 29.0 Å². The van der Waals surface area contributed by atoms with E-state index in [1.807, 2.05) is 20.8 Å². The summed E-state index contributed by atoms with van der Waals surface area (Å²) < 4.78 is 35.3. The molecule has 2 spiro atoms. The number of carbonyl (C=O) groups excluding carboxylic acids is 5. The van der Waals surface area contributed by atoms with Gasteiger partial charge in [-0.15, -0.1) is 6.58 Å². The minimum absolute atomic E-state index is 0.0467. The molecule has 57 heavy (non-hydrogen) atoms. The number of aromatic nitrogens is 2. The quantitative estimate of drug-likeness (QED) is 0.225. The number of hydrogen-bond acceptors (Lipinski definition) is 10. The van der Waals surface area contributed by atoms with Crippen LogP contribution in [0.2, 0.25) is 0 Å². The van der Waals surface area contributed by atoms with Crippen molar-refractivity contribution >= 4 is 39.7 Å². The van der Waals surface area contributed by atoms with Crippen molar-refractivity contribution in [2.75, 3.05) is 32.8 Å². The fourth-order valence-electron chi connectivity index (χ4n) is 10.7. The van der Waals surface area contributed by atoms with Crippen molar-refractivity contribution in [1.82, 2.24) is 39.8 Å². The molecule has 4 heterocycles. The molecule has 16 nitrogen and oxygen atoms in total. The van der Waals surface area contributed by atoms with Crippen LogP contribution < -0.4 is 20.7 Å². The molecule has 6 atom stereocenters. The summed E-state index contributed by atoms with van der Waals surface area (Å²) in [6.45, 7) is 15.5. The lowest BCUT2D eigenvalue weighted by Crippen LogP contribution is -2.62. The van der Waals surface area contributed by atoms with Gasteiger partial charge in [0.15, 0.2) is 0 Å². The van der Waals surface area contributed by atoms with E-state index >= 15 is 4.79 Å². The summed E-state index contributed by atoms with van der Waals surface area (Å²) in [5.74, 6) is -3.71. The lowest BCUT2D eigenvalue weighted by atomic mass is 9.73. The molecule has 4 N–H and O–H groups in total. The Labute approximate surface area is 335 Å². The van der Waals surface area contributed by atoms with Gasteiger partial charge in [-0.25, -0.2) is 9.71 Å². The van der Waals surface area contributed by atoms with E-state index in [0.29, 0.717) is 65.0 Å². The van der Waals surface area contributed by atoms with Crippen LogP contribution >= 0.6 is 0 Å². The van der Waals surface area contributed by atoms with E-state index in [1.165, 1.54) is 29.0 Å². The number of fused-ring (bicyclic) bond motifs is 1. The number of nitrogens with zero attached hydrogens (tertiary/aromatic N) is 4. The van der Waals surface area contributed by atoms with Crippen molar-refractivity contribution in [3.63, 3.8) is 0 Å². The molecule has 1 aromatic rings. The van der Waals surface area contributed by atoms with Gasteiger partial charge >= 0.3 is 10.2 Å². The van der Waals surface area contributed by atoms with Crippen molar-refractivity contribution < 1.29 is 37.1 Å². The Bertz CT molecular complexity index is 1900. The Morgan fingerprint density at radius 3 is 2.21 bits per heavy atom. The molecule has 0 aromatic carbocycles. The predicted octanol–water partition coefficient (Wildman–Crippen LogP) is 1.85. The standard InChI is InChI=1S/C40H58N8O8S/c1-7-26-21-40(26,35(53)46-57(54,55)47-17-8-9-18-47)45-32(50)28-22-39(37(5,6)38(39)13-10-14-38)24-48(28)34(52)30(36(2,3)4)44-33(51)29(25-11-19-56-20-12-25)43-31(49)27-23-41-15-16-42-27/h7,15-16,23,25-26,28-30H,1,8-14,17-22,24H2,2-6H3,(H,43,49)(H,44,51)(H,45,50)(H,46,53)/t26-,28+,29+,30-,39-,40-/m1/s1. The highest BCUT2D eigenvalue weighted by Gasteiger charge is 2.85. The first-order valence-electron chi connectivity index (χ1n) is 20.4. The van der Waals surface area contributed by atoms with E-state index in [4.69, 9.17) is 4.74 Å². The lowest BCUT2D eigenvalue weighted by Gasteiger charge is -2.38. The summed E-state index contributed by atoms with van der Waals surface area (Å²) in [4.78, 5) is 81.0.